The molecule has 0 heterocycles. The minimum absolute atomic E-state index is 0. The Hall–Kier alpha value is -3.46. The first-order chi connectivity index (χ1) is 14.0. The van der Waals surface area contributed by atoms with Crippen LogP contribution in [0.5, 0.6) is 0 Å². The summed E-state index contributed by atoms with van der Waals surface area (Å²) < 4.78 is 0. The van der Waals surface area contributed by atoms with Crippen LogP contribution in [0.15, 0.2) is 24.3 Å². The summed E-state index contributed by atoms with van der Waals surface area (Å²) in [5.41, 5.74) is 9.20. The van der Waals surface area contributed by atoms with Gasteiger partial charge in [-0.1, -0.05) is 27.3 Å². The third-order valence-electron chi connectivity index (χ3n) is 4.33. The van der Waals surface area contributed by atoms with Crippen LogP contribution in [-0.4, -0.2) is 39.3 Å². The van der Waals surface area contributed by atoms with E-state index in [2.05, 4.69) is 0 Å². The van der Waals surface area contributed by atoms with E-state index in [9.17, 15) is 19.7 Å². The Balaban J connectivity index is 0. The molecule has 2 rings (SSSR count). The van der Waals surface area contributed by atoms with Crippen molar-refractivity contribution in [1.82, 2.24) is 0 Å². The summed E-state index contributed by atoms with van der Waals surface area (Å²) in [5.74, 6) is -2.04. The van der Waals surface area contributed by atoms with Gasteiger partial charge < -0.3 is 21.1 Å². The summed E-state index contributed by atoms with van der Waals surface area (Å²) in [5, 5.41) is 35.3. The van der Waals surface area contributed by atoms with Crippen LogP contribution < -0.4 is 5.73 Å². The van der Waals surface area contributed by atoms with E-state index in [0.29, 0.717) is 35.2 Å². The summed E-state index contributed by atoms with van der Waals surface area (Å²) in [6.07, 6.45) is 1.25. The van der Waals surface area contributed by atoms with E-state index in [1.54, 1.807) is 13.0 Å². The van der Waals surface area contributed by atoms with Gasteiger partial charge in [0.05, 0.1) is 16.1 Å². The fourth-order valence-electron chi connectivity index (χ4n) is 2.72. The predicted molar refractivity (Wildman–Crippen MR) is 121 cm³/mol. The molecule has 0 aromatic heterocycles. The Morgan fingerprint density at radius 2 is 1.29 bits per heavy atom. The molecule has 9 heteroatoms. The summed E-state index contributed by atoms with van der Waals surface area (Å²) in [4.78, 5) is 31.7. The van der Waals surface area contributed by atoms with Gasteiger partial charge in [-0.2, -0.15) is 0 Å². The molecule has 5 N–H and O–H groups in total. The van der Waals surface area contributed by atoms with Crippen molar-refractivity contribution >= 4 is 23.3 Å². The number of hydrogen-bond donors (Lipinski definition) is 4. The minimum Gasteiger partial charge on any atom is -0.478 e. The second-order valence-corrected chi connectivity index (χ2v) is 6.24. The summed E-state index contributed by atoms with van der Waals surface area (Å²) >= 11 is 0. The molecule has 0 spiro atoms. The van der Waals surface area contributed by atoms with Crippen molar-refractivity contribution in [3.63, 3.8) is 0 Å². The maximum Gasteiger partial charge on any atom is 0.336 e. The van der Waals surface area contributed by atoms with Crippen molar-refractivity contribution in [2.24, 2.45) is 0 Å². The van der Waals surface area contributed by atoms with Crippen LogP contribution in [0.4, 0.5) is 11.4 Å². The molecular formula is C22H32N2O7. The van der Waals surface area contributed by atoms with Crippen molar-refractivity contribution in [1.29, 1.82) is 0 Å². The highest BCUT2D eigenvalue weighted by Gasteiger charge is 2.18. The van der Waals surface area contributed by atoms with Crippen molar-refractivity contribution in [2.75, 3.05) is 12.8 Å². The number of nitrogen functional groups attached to an aromatic ring is 1. The van der Waals surface area contributed by atoms with Crippen LogP contribution in [0.2, 0.25) is 0 Å². The lowest BCUT2D eigenvalue weighted by atomic mass is 10.0. The number of carboxylic acids is 2. The maximum atomic E-state index is 10.8. The minimum atomic E-state index is -1.13. The lowest BCUT2D eigenvalue weighted by Crippen LogP contribution is -2.04. The van der Waals surface area contributed by atoms with Gasteiger partial charge in [0.25, 0.3) is 5.69 Å². The molecule has 0 aliphatic heterocycles. The number of carbonyl (C=O) groups is 2. The van der Waals surface area contributed by atoms with E-state index >= 15 is 0 Å². The van der Waals surface area contributed by atoms with Crippen molar-refractivity contribution in [3.05, 3.63) is 67.8 Å². The summed E-state index contributed by atoms with van der Waals surface area (Å²) in [7, 11) is 1.00. The number of aryl methyl sites for hydroxylation is 4. The molecule has 9 nitrogen and oxygen atoms in total. The molecule has 0 aliphatic rings. The first kappa shape index (κ1) is 29.7. The topological polar surface area (TPSA) is 164 Å². The second kappa shape index (κ2) is 13.7. The van der Waals surface area contributed by atoms with Crippen LogP contribution >= 0.6 is 0 Å². The Morgan fingerprint density at radius 1 is 0.903 bits per heavy atom. The number of anilines is 1. The van der Waals surface area contributed by atoms with Gasteiger partial charge in [-0.3, -0.25) is 10.1 Å². The van der Waals surface area contributed by atoms with Gasteiger partial charge in [0.15, 0.2) is 0 Å². The molecule has 0 amide bonds. The number of nitrogens with two attached hydrogens (primary N) is 1. The van der Waals surface area contributed by atoms with Crippen molar-refractivity contribution in [2.45, 2.75) is 48.0 Å². The number of nitrogens with zero attached hydrogens (tertiary/aromatic N) is 1. The van der Waals surface area contributed by atoms with Gasteiger partial charge in [0, 0.05) is 24.4 Å². The molecule has 2 aromatic carbocycles. The largest absolute Gasteiger partial charge is 0.478 e. The number of benzene rings is 2. The lowest BCUT2D eigenvalue weighted by Gasteiger charge is -2.07. The monoisotopic (exact) mass is 436 g/mol. The third kappa shape index (κ3) is 8.06. The number of aliphatic hydroxyl groups is 1. The number of aliphatic hydroxyl groups excluding tert-OH is 1. The molecular weight excluding hydrogens is 404 g/mol. The maximum absolute atomic E-state index is 10.8. The number of hydrogen-bond acceptors (Lipinski definition) is 6. The zero-order valence-corrected chi connectivity index (χ0v) is 17.7. The molecule has 0 bridgehead atoms. The van der Waals surface area contributed by atoms with Gasteiger partial charge >= 0.3 is 11.9 Å². The van der Waals surface area contributed by atoms with E-state index in [1.165, 1.54) is 6.07 Å². The fraction of sp³-hybridized carbons (Fsp3) is 0.364. The lowest BCUT2D eigenvalue weighted by molar-refractivity contribution is -0.385. The third-order valence-corrected chi connectivity index (χ3v) is 4.33. The predicted octanol–water partition coefficient (Wildman–Crippen LogP) is 4.25. The van der Waals surface area contributed by atoms with Gasteiger partial charge in [-0.15, -0.1) is 0 Å². The van der Waals surface area contributed by atoms with Gasteiger partial charge in [0.2, 0.25) is 0 Å². The summed E-state index contributed by atoms with van der Waals surface area (Å²) in [6, 6.07) is 6.04. The standard InChI is InChI=1S/C10H11NO4.C10H13NO2.CH4O.CH4/c1-3-7-4-6(2)9(11(14)15)5-8(7)10(12)13;1-3-7-4-6(2)9(11)5-8(7)10(12)13;1-2;/h4-5H,3H2,1-2H3,(H,12,13);4-5H,3,11H2,1-2H3,(H,12,13);2H,1H3;1H4. The SMILES string of the molecule is C.CCc1cc(C)c(N)cc1C(=O)O.CCc1cc(C)c([N+](=O)[O-])cc1C(=O)O.CO. The Kier molecular flexibility index (Phi) is 13.1. The average Bonchev–Trinajstić information content (AvgIpc) is 2.70. The number of rotatable bonds is 5. The Bertz CT molecular complexity index is 925. The zero-order chi connectivity index (χ0) is 23.6. The van der Waals surface area contributed by atoms with Crippen LogP contribution in [0.1, 0.15) is 64.2 Å². The number of nitro groups is 1. The van der Waals surface area contributed by atoms with E-state index < -0.39 is 16.9 Å². The molecule has 31 heavy (non-hydrogen) atoms. The molecule has 2 aromatic rings. The molecule has 0 unspecified atom stereocenters. The number of nitro benzene ring substituents is 1. The molecule has 0 saturated heterocycles. The van der Waals surface area contributed by atoms with E-state index in [4.69, 9.17) is 21.1 Å². The van der Waals surface area contributed by atoms with Crippen LogP contribution in [0.3, 0.4) is 0 Å². The van der Waals surface area contributed by atoms with Gasteiger partial charge in [0.1, 0.15) is 0 Å². The van der Waals surface area contributed by atoms with Crippen LogP contribution in [0, 0.1) is 24.0 Å². The molecule has 0 atom stereocenters. The van der Waals surface area contributed by atoms with E-state index in [-0.39, 0.29) is 18.7 Å². The number of aromatic carboxylic acids is 2. The summed E-state index contributed by atoms with van der Waals surface area (Å²) in [6.45, 7) is 7.22. The van der Waals surface area contributed by atoms with E-state index in [0.717, 1.165) is 24.3 Å². The smallest absolute Gasteiger partial charge is 0.336 e. The highest BCUT2D eigenvalue weighted by atomic mass is 16.6. The van der Waals surface area contributed by atoms with Crippen LogP contribution in [0.25, 0.3) is 0 Å². The van der Waals surface area contributed by atoms with Crippen LogP contribution in [-0.2, 0) is 12.8 Å². The van der Waals surface area contributed by atoms with E-state index in [1.807, 2.05) is 26.8 Å². The second-order valence-electron chi connectivity index (χ2n) is 6.24. The molecule has 0 radical (unpaired) electrons. The molecule has 0 aliphatic carbocycles. The quantitative estimate of drug-likeness (QED) is 0.307. The highest BCUT2D eigenvalue weighted by molar-refractivity contribution is 5.91. The first-order valence-electron chi connectivity index (χ1n) is 9.11. The Labute approximate surface area is 182 Å². The zero-order valence-electron chi connectivity index (χ0n) is 17.7. The normalized spacial score (nSPS) is 9.23. The van der Waals surface area contributed by atoms with Crippen molar-refractivity contribution in [3.8, 4) is 0 Å². The highest BCUT2D eigenvalue weighted by Crippen LogP contribution is 2.23. The first-order valence-corrected chi connectivity index (χ1v) is 9.11. The fourth-order valence-corrected chi connectivity index (χ4v) is 2.72. The molecule has 0 saturated carbocycles. The molecule has 0 fully saturated rings. The Morgan fingerprint density at radius 3 is 1.65 bits per heavy atom. The number of carboxylic acid groups (broad SMARTS) is 2. The van der Waals surface area contributed by atoms with Crippen molar-refractivity contribution < 1.29 is 29.8 Å². The molecule has 172 valence electrons. The average molecular weight is 437 g/mol. The van der Waals surface area contributed by atoms with Gasteiger partial charge in [-0.25, -0.2) is 9.59 Å². The van der Waals surface area contributed by atoms with Gasteiger partial charge in [-0.05, 0) is 55.5 Å².